The van der Waals surface area contributed by atoms with Gasteiger partial charge >= 0.3 is 0 Å². The van der Waals surface area contributed by atoms with Gasteiger partial charge in [-0.1, -0.05) is 44.5 Å². The van der Waals surface area contributed by atoms with Gasteiger partial charge in [0, 0.05) is 18.1 Å². The fourth-order valence-electron chi connectivity index (χ4n) is 2.55. The minimum atomic E-state index is -0.0406. The molecule has 0 radical (unpaired) electrons. The second-order valence-corrected chi connectivity index (χ2v) is 7.79. The number of hydrogen-bond acceptors (Lipinski definition) is 5. The highest BCUT2D eigenvalue weighted by Crippen LogP contribution is 2.26. The van der Waals surface area contributed by atoms with Crippen LogP contribution in [-0.4, -0.2) is 38.9 Å². The Balaban J connectivity index is 1.66. The molecule has 0 saturated carbocycles. The number of carbonyl (C=O) groups is 1. The first-order valence-electron chi connectivity index (χ1n) is 8.70. The van der Waals surface area contributed by atoms with E-state index in [4.69, 9.17) is 16.3 Å². The predicted molar refractivity (Wildman–Crippen MR) is 104 cm³/mol. The Hall–Kier alpha value is -2.67. The maximum atomic E-state index is 11.8. The number of rotatable bonds is 6. The van der Waals surface area contributed by atoms with Crippen molar-refractivity contribution in [2.24, 2.45) is 5.41 Å². The summed E-state index contributed by atoms with van der Waals surface area (Å²) in [4.78, 5) is 11.8. The smallest absolute Gasteiger partial charge is 0.231 e. The molecule has 8 heteroatoms. The molecule has 0 bridgehead atoms. The van der Waals surface area contributed by atoms with E-state index in [1.54, 1.807) is 22.7 Å². The molecule has 1 aromatic carbocycles. The van der Waals surface area contributed by atoms with E-state index in [0.717, 1.165) is 5.56 Å². The SMILES string of the molecule is CC(C)(C)CC(=O)NCCOc1ccc2nnc(-c3ccccc3Cl)n2n1. The van der Waals surface area contributed by atoms with Gasteiger partial charge in [0.1, 0.15) is 6.61 Å². The summed E-state index contributed by atoms with van der Waals surface area (Å²) in [5.74, 6) is 0.967. The van der Waals surface area contributed by atoms with Crippen LogP contribution in [0.1, 0.15) is 27.2 Å². The average molecular weight is 388 g/mol. The van der Waals surface area contributed by atoms with Gasteiger partial charge in [0.2, 0.25) is 11.8 Å². The molecule has 0 saturated heterocycles. The number of ether oxygens (including phenoxy) is 1. The Labute approximate surface area is 162 Å². The molecule has 0 spiro atoms. The molecule has 0 atom stereocenters. The van der Waals surface area contributed by atoms with Crippen molar-refractivity contribution in [1.82, 2.24) is 25.1 Å². The Kier molecular flexibility index (Phi) is 5.60. The number of nitrogens with one attached hydrogen (secondary N) is 1. The van der Waals surface area contributed by atoms with Gasteiger partial charge in [-0.05, 0) is 23.6 Å². The van der Waals surface area contributed by atoms with E-state index >= 15 is 0 Å². The maximum Gasteiger partial charge on any atom is 0.231 e. The summed E-state index contributed by atoms with van der Waals surface area (Å²) in [6.45, 7) is 6.81. The van der Waals surface area contributed by atoms with E-state index in [1.807, 2.05) is 39.0 Å². The molecule has 1 amide bonds. The normalized spacial score (nSPS) is 11.6. The Morgan fingerprint density at radius 1 is 1.19 bits per heavy atom. The van der Waals surface area contributed by atoms with Gasteiger partial charge in [0.05, 0.1) is 11.6 Å². The Morgan fingerprint density at radius 3 is 2.70 bits per heavy atom. The summed E-state index contributed by atoms with van der Waals surface area (Å²) in [6, 6.07) is 10.9. The third-order valence-corrected chi connectivity index (χ3v) is 4.05. The summed E-state index contributed by atoms with van der Waals surface area (Å²) in [5, 5.41) is 16.1. The molecule has 1 N–H and O–H groups in total. The zero-order valence-corrected chi connectivity index (χ0v) is 16.3. The zero-order valence-electron chi connectivity index (χ0n) is 15.6. The van der Waals surface area contributed by atoms with Crippen molar-refractivity contribution in [2.75, 3.05) is 13.2 Å². The molecule has 142 valence electrons. The van der Waals surface area contributed by atoms with E-state index in [2.05, 4.69) is 20.6 Å². The molecule has 3 aromatic rings. The Morgan fingerprint density at radius 2 is 1.96 bits per heavy atom. The van der Waals surface area contributed by atoms with Gasteiger partial charge in [0.25, 0.3) is 0 Å². The molecule has 7 nitrogen and oxygen atoms in total. The lowest BCUT2D eigenvalue weighted by Crippen LogP contribution is -2.31. The number of aromatic nitrogens is 4. The highest BCUT2D eigenvalue weighted by molar-refractivity contribution is 6.33. The number of nitrogens with zero attached hydrogens (tertiary/aromatic N) is 4. The molecule has 0 aliphatic carbocycles. The molecule has 2 heterocycles. The van der Waals surface area contributed by atoms with E-state index < -0.39 is 0 Å². The maximum absolute atomic E-state index is 11.8. The van der Waals surface area contributed by atoms with Gasteiger partial charge in [-0.25, -0.2) is 0 Å². The minimum absolute atomic E-state index is 0.00864. The van der Waals surface area contributed by atoms with E-state index in [0.29, 0.717) is 41.9 Å². The third-order valence-electron chi connectivity index (χ3n) is 3.72. The van der Waals surface area contributed by atoms with Crippen LogP contribution in [0.4, 0.5) is 0 Å². The zero-order chi connectivity index (χ0) is 19.4. The third kappa shape index (κ3) is 4.95. The van der Waals surface area contributed by atoms with Crippen molar-refractivity contribution in [1.29, 1.82) is 0 Å². The number of hydrogen-bond donors (Lipinski definition) is 1. The molecule has 0 unspecified atom stereocenters. The van der Waals surface area contributed by atoms with E-state index in [9.17, 15) is 4.79 Å². The molecule has 0 fully saturated rings. The van der Waals surface area contributed by atoms with Crippen LogP contribution in [0.2, 0.25) is 5.02 Å². The number of fused-ring (bicyclic) bond motifs is 1. The molecule has 27 heavy (non-hydrogen) atoms. The summed E-state index contributed by atoms with van der Waals surface area (Å²) in [6.07, 6.45) is 0.471. The van der Waals surface area contributed by atoms with Crippen molar-refractivity contribution >= 4 is 23.2 Å². The fourth-order valence-corrected chi connectivity index (χ4v) is 2.77. The van der Waals surface area contributed by atoms with Crippen LogP contribution in [0.15, 0.2) is 36.4 Å². The lowest BCUT2D eigenvalue weighted by molar-refractivity contribution is -0.122. The van der Waals surface area contributed by atoms with Crippen molar-refractivity contribution < 1.29 is 9.53 Å². The van der Waals surface area contributed by atoms with Gasteiger partial charge in [-0.3, -0.25) is 4.79 Å². The summed E-state index contributed by atoms with van der Waals surface area (Å²) in [7, 11) is 0. The first-order chi connectivity index (χ1) is 12.8. The number of carbonyl (C=O) groups excluding carboxylic acids is 1. The first-order valence-corrected chi connectivity index (χ1v) is 9.08. The highest BCUT2D eigenvalue weighted by atomic mass is 35.5. The quantitative estimate of drug-likeness (QED) is 0.656. The molecule has 0 aliphatic heterocycles. The summed E-state index contributed by atoms with van der Waals surface area (Å²) >= 11 is 6.25. The van der Waals surface area contributed by atoms with E-state index in [-0.39, 0.29) is 11.3 Å². The van der Waals surface area contributed by atoms with Crippen LogP contribution in [0.3, 0.4) is 0 Å². The number of amides is 1. The van der Waals surface area contributed by atoms with Gasteiger partial charge in [-0.15, -0.1) is 15.3 Å². The lowest BCUT2D eigenvalue weighted by Gasteiger charge is -2.17. The first kappa shape index (κ1) is 19.1. The summed E-state index contributed by atoms with van der Waals surface area (Å²) in [5.41, 5.74) is 1.29. The molecule has 2 aromatic heterocycles. The topological polar surface area (TPSA) is 81.4 Å². The number of benzene rings is 1. The van der Waals surface area contributed by atoms with Crippen LogP contribution in [-0.2, 0) is 4.79 Å². The minimum Gasteiger partial charge on any atom is -0.475 e. The standard InChI is InChI=1S/C19H22ClN5O2/c1-19(2,3)12-16(26)21-10-11-27-17-9-8-15-22-23-18(25(15)24-17)13-6-4-5-7-14(13)20/h4-9H,10-12H2,1-3H3,(H,21,26). The molecular weight excluding hydrogens is 366 g/mol. The van der Waals surface area contributed by atoms with Crippen molar-refractivity contribution in [3.05, 3.63) is 41.4 Å². The lowest BCUT2D eigenvalue weighted by atomic mass is 9.92. The molecular formula is C19H22ClN5O2. The van der Waals surface area contributed by atoms with Crippen LogP contribution in [0, 0.1) is 5.41 Å². The second-order valence-electron chi connectivity index (χ2n) is 7.38. The van der Waals surface area contributed by atoms with Gasteiger partial charge < -0.3 is 10.1 Å². The van der Waals surface area contributed by atoms with E-state index in [1.165, 1.54) is 0 Å². The van der Waals surface area contributed by atoms with Crippen LogP contribution >= 0.6 is 11.6 Å². The van der Waals surface area contributed by atoms with Crippen LogP contribution in [0.25, 0.3) is 17.0 Å². The van der Waals surface area contributed by atoms with Crippen molar-refractivity contribution in [2.45, 2.75) is 27.2 Å². The van der Waals surface area contributed by atoms with Gasteiger partial charge in [-0.2, -0.15) is 4.52 Å². The molecule has 0 aliphatic rings. The van der Waals surface area contributed by atoms with Crippen molar-refractivity contribution in [3.8, 4) is 17.3 Å². The second kappa shape index (κ2) is 7.92. The molecule has 3 rings (SSSR count). The van der Waals surface area contributed by atoms with Crippen LogP contribution < -0.4 is 10.1 Å². The van der Waals surface area contributed by atoms with Gasteiger partial charge in [0.15, 0.2) is 11.5 Å². The largest absolute Gasteiger partial charge is 0.475 e. The van der Waals surface area contributed by atoms with Crippen molar-refractivity contribution in [3.63, 3.8) is 0 Å². The summed E-state index contributed by atoms with van der Waals surface area (Å²) < 4.78 is 7.24. The highest BCUT2D eigenvalue weighted by Gasteiger charge is 2.16. The predicted octanol–water partition coefficient (Wildman–Crippen LogP) is 3.38. The fraction of sp³-hybridized carbons (Fsp3) is 0.368. The monoisotopic (exact) mass is 387 g/mol. The van der Waals surface area contributed by atoms with Crippen LogP contribution in [0.5, 0.6) is 5.88 Å². The average Bonchev–Trinajstić information content (AvgIpc) is 3.01. The number of halogens is 1. The Bertz CT molecular complexity index is 949.